The van der Waals surface area contributed by atoms with E-state index in [1.807, 2.05) is 17.0 Å². The van der Waals surface area contributed by atoms with Crippen molar-refractivity contribution in [3.8, 4) is 11.6 Å². The zero-order chi connectivity index (χ0) is 16.4. The minimum Gasteiger partial charge on any atom is -0.461 e. The van der Waals surface area contributed by atoms with E-state index >= 15 is 0 Å². The van der Waals surface area contributed by atoms with E-state index in [9.17, 15) is 4.79 Å². The number of hydrogen-bond donors (Lipinski definition) is 0. The van der Waals surface area contributed by atoms with Crippen LogP contribution in [0, 0.1) is 0 Å². The van der Waals surface area contributed by atoms with E-state index in [1.54, 1.807) is 18.4 Å². The number of hydrogen-bond acceptors (Lipinski definition) is 5. The second-order valence-electron chi connectivity index (χ2n) is 5.82. The lowest BCUT2D eigenvalue weighted by Gasteiger charge is -2.28. The molecule has 1 aromatic carbocycles. The fraction of sp³-hybridized carbons (Fsp3) is 0.278. The standard InChI is InChI=1S/C18H17N3O3/c22-17(21-10-9-13-4-1-2-5-14(13)12-21)8-7-16-19-18(20-24-16)15-6-3-11-23-15/h1-6,11H,7-10,12H2. The predicted molar refractivity (Wildman–Crippen MR) is 85.9 cm³/mol. The van der Waals surface area contributed by atoms with Crippen molar-refractivity contribution in [2.45, 2.75) is 25.8 Å². The van der Waals surface area contributed by atoms with Crippen LogP contribution in [0.3, 0.4) is 0 Å². The molecule has 0 saturated carbocycles. The highest BCUT2D eigenvalue weighted by atomic mass is 16.5. The molecule has 1 aliphatic rings. The quantitative estimate of drug-likeness (QED) is 0.738. The minimum atomic E-state index is 0.113. The molecule has 0 fully saturated rings. The Morgan fingerprint density at radius 2 is 2.04 bits per heavy atom. The van der Waals surface area contributed by atoms with Gasteiger partial charge in [0.15, 0.2) is 5.76 Å². The highest BCUT2D eigenvalue weighted by Crippen LogP contribution is 2.20. The van der Waals surface area contributed by atoms with Gasteiger partial charge in [-0.3, -0.25) is 4.79 Å². The van der Waals surface area contributed by atoms with Gasteiger partial charge >= 0.3 is 0 Å². The molecule has 0 spiro atoms. The number of fused-ring (bicyclic) bond motifs is 1. The van der Waals surface area contributed by atoms with Gasteiger partial charge in [0.25, 0.3) is 0 Å². The number of aryl methyl sites for hydroxylation is 1. The molecule has 0 aliphatic carbocycles. The van der Waals surface area contributed by atoms with Crippen molar-refractivity contribution in [2.24, 2.45) is 0 Å². The van der Waals surface area contributed by atoms with E-state index in [0.717, 1.165) is 13.0 Å². The molecule has 0 bridgehead atoms. The van der Waals surface area contributed by atoms with Crippen LogP contribution in [0.1, 0.15) is 23.4 Å². The maximum absolute atomic E-state index is 12.4. The molecule has 24 heavy (non-hydrogen) atoms. The lowest BCUT2D eigenvalue weighted by molar-refractivity contribution is -0.132. The average molecular weight is 323 g/mol. The Hall–Kier alpha value is -2.89. The summed E-state index contributed by atoms with van der Waals surface area (Å²) < 4.78 is 10.4. The second-order valence-corrected chi connectivity index (χ2v) is 5.82. The third kappa shape index (κ3) is 2.95. The van der Waals surface area contributed by atoms with Crippen LogP contribution in [0.5, 0.6) is 0 Å². The van der Waals surface area contributed by atoms with E-state index in [0.29, 0.717) is 36.9 Å². The van der Waals surface area contributed by atoms with Gasteiger partial charge in [0, 0.05) is 25.9 Å². The first-order valence-corrected chi connectivity index (χ1v) is 8.00. The Labute approximate surface area is 139 Å². The Kier molecular flexibility index (Phi) is 3.86. The summed E-state index contributed by atoms with van der Waals surface area (Å²) in [7, 11) is 0. The van der Waals surface area contributed by atoms with Crippen molar-refractivity contribution in [3.05, 3.63) is 59.7 Å². The van der Waals surface area contributed by atoms with Crippen molar-refractivity contribution >= 4 is 5.91 Å². The average Bonchev–Trinajstić information content (AvgIpc) is 3.30. The Bertz CT molecular complexity index is 839. The summed E-state index contributed by atoms with van der Waals surface area (Å²) in [6.45, 7) is 1.44. The third-order valence-electron chi connectivity index (χ3n) is 4.25. The molecule has 122 valence electrons. The maximum atomic E-state index is 12.4. The second kappa shape index (κ2) is 6.31. The molecule has 3 aromatic rings. The van der Waals surface area contributed by atoms with Crippen LogP contribution in [0.25, 0.3) is 11.6 Å². The molecule has 0 unspecified atom stereocenters. The maximum Gasteiger partial charge on any atom is 0.238 e. The number of carbonyl (C=O) groups excluding carboxylic acids is 1. The molecule has 2 aromatic heterocycles. The number of nitrogens with zero attached hydrogens (tertiary/aromatic N) is 3. The first-order valence-electron chi connectivity index (χ1n) is 8.00. The zero-order valence-corrected chi connectivity index (χ0v) is 13.1. The van der Waals surface area contributed by atoms with Gasteiger partial charge < -0.3 is 13.8 Å². The number of furan rings is 1. The van der Waals surface area contributed by atoms with Crippen LogP contribution in [0.4, 0.5) is 0 Å². The predicted octanol–water partition coefficient (Wildman–Crippen LogP) is 2.85. The third-order valence-corrected chi connectivity index (χ3v) is 4.25. The van der Waals surface area contributed by atoms with Crippen molar-refractivity contribution in [1.82, 2.24) is 15.0 Å². The number of carbonyl (C=O) groups is 1. The molecule has 3 heterocycles. The van der Waals surface area contributed by atoms with E-state index in [1.165, 1.54) is 11.1 Å². The number of benzene rings is 1. The van der Waals surface area contributed by atoms with Gasteiger partial charge in [-0.15, -0.1) is 0 Å². The zero-order valence-electron chi connectivity index (χ0n) is 13.1. The van der Waals surface area contributed by atoms with E-state index < -0.39 is 0 Å². The number of aromatic nitrogens is 2. The van der Waals surface area contributed by atoms with E-state index in [2.05, 4.69) is 22.3 Å². The molecule has 0 N–H and O–H groups in total. The molecule has 0 atom stereocenters. The van der Waals surface area contributed by atoms with Gasteiger partial charge in [-0.2, -0.15) is 4.98 Å². The normalized spacial score (nSPS) is 13.8. The first-order chi connectivity index (χ1) is 11.8. The van der Waals surface area contributed by atoms with Crippen LogP contribution in [0.15, 0.2) is 51.6 Å². The Balaban J connectivity index is 1.36. The van der Waals surface area contributed by atoms with Gasteiger partial charge in [-0.05, 0) is 29.7 Å². The molecule has 6 nitrogen and oxygen atoms in total. The molecule has 0 radical (unpaired) electrons. The van der Waals surface area contributed by atoms with Gasteiger partial charge in [0.05, 0.1) is 6.26 Å². The molecular formula is C18H17N3O3. The lowest BCUT2D eigenvalue weighted by atomic mass is 9.99. The molecule has 1 amide bonds. The summed E-state index contributed by atoms with van der Waals surface area (Å²) in [6, 6.07) is 11.8. The van der Waals surface area contributed by atoms with Crippen LogP contribution in [-0.4, -0.2) is 27.5 Å². The molecule has 6 heteroatoms. The Morgan fingerprint density at radius 3 is 2.88 bits per heavy atom. The highest BCUT2D eigenvalue weighted by Gasteiger charge is 2.21. The van der Waals surface area contributed by atoms with Crippen molar-refractivity contribution in [1.29, 1.82) is 0 Å². The Morgan fingerprint density at radius 1 is 1.17 bits per heavy atom. The summed E-state index contributed by atoms with van der Waals surface area (Å²) in [6.07, 6.45) is 3.26. The summed E-state index contributed by atoms with van der Waals surface area (Å²) in [5.74, 6) is 1.53. The first kappa shape index (κ1) is 14.7. The van der Waals surface area contributed by atoms with Crippen molar-refractivity contribution < 1.29 is 13.7 Å². The van der Waals surface area contributed by atoms with Crippen LogP contribution < -0.4 is 0 Å². The smallest absolute Gasteiger partial charge is 0.238 e. The summed E-state index contributed by atoms with van der Waals surface area (Å²) in [5, 5.41) is 3.87. The largest absolute Gasteiger partial charge is 0.461 e. The molecular weight excluding hydrogens is 306 g/mol. The minimum absolute atomic E-state index is 0.113. The van der Waals surface area contributed by atoms with Crippen LogP contribution >= 0.6 is 0 Å². The fourth-order valence-electron chi connectivity index (χ4n) is 2.94. The molecule has 1 aliphatic heterocycles. The van der Waals surface area contributed by atoms with Crippen molar-refractivity contribution in [2.75, 3.05) is 6.54 Å². The SMILES string of the molecule is O=C(CCc1nc(-c2ccco2)no1)N1CCc2ccccc2C1. The van der Waals surface area contributed by atoms with Gasteiger partial charge in [-0.25, -0.2) is 0 Å². The monoisotopic (exact) mass is 323 g/mol. The summed E-state index contributed by atoms with van der Waals surface area (Å²) >= 11 is 0. The van der Waals surface area contributed by atoms with Gasteiger partial charge in [0.2, 0.25) is 17.6 Å². The number of amides is 1. The van der Waals surface area contributed by atoms with Crippen molar-refractivity contribution in [3.63, 3.8) is 0 Å². The van der Waals surface area contributed by atoms with E-state index in [4.69, 9.17) is 8.94 Å². The fourth-order valence-corrected chi connectivity index (χ4v) is 2.94. The topological polar surface area (TPSA) is 72.4 Å². The molecule has 4 rings (SSSR count). The number of rotatable bonds is 4. The van der Waals surface area contributed by atoms with Crippen LogP contribution in [0.2, 0.25) is 0 Å². The van der Waals surface area contributed by atoms with Gasteiger partial charge in [0.1, 0.15) is 0 Å². The highest BCUT2D eigenvalue weighted by molar-refractivity contribution is 5.76. The lowest BCUT2D eigenvalue weighted by Crippen LogP contribution is -2.36. The van der Waals surface area contributed by atoms with E-state index in [-0.39, 0.29) is 5.91 Å². The van der Waals surface area contributed by atoms with Gasteiger partial charge in [-0.1, -0.05) is 29.4 Å². The van der Waals surface area contributed by atoms with Crippen LogP contribution in [-0.2, 0) is 24.2 Å². The summed E-state index contributed by atoms with van der Waals surface area (Å²) in [5.41, 5.74) is 2.57. The molecule has 0 saturated heterocycles. The summed E-state index contributed by atoms with van der Waals surface area (Å²) in [4.78, 5) is 18.6.